The highest BCUT2D eigenvalue weighted by molar-refractivity contribution is 5.83. The summed E-state index contributed by atoms with van der Waals surface area (Å²) in [5.74, 6) is 0.0866. The van der Waals surface area contributed by atoms with Gasteiger partial charge in [-0.3, -0.25) is 9.78 Å². The maximum absolute atomic E-state index is 14.5. The van der Waals surface area contributed by atoms with Crippen LogP contribution in [0.1, 0.15) is 41.9 Å². The molecule has 1 saturated carbocycles. The number of aryl methyl sites for hydroxylation is 1. The number of aliphatic hydroxyl groups excluding tert-OH is 1. The molecule has 3 atom stereocenters. The van der Waals surface area contributed by atoms with Crippen LogP contribution in [0.3, 0.4) is 0 Å². The van der Waals surface area contributed by atoms with Crippen molar-refractivity contribution in [1.29, 1.82) is 0 Å². The van der Waals surface area contributed by atoms with E-state index in [1.165, 1.54) is 6.07 Å². The van der Waals surface area contributed by atoms with Gasteiger partial charge in [-0.05, 0) is 38.3 Å². The number of carbonyl (C=O) groups excluding carboxylic acids is 1. The standard InChI is InChI=1S/C24H27FN6O3/c1-13-8-27-20-5-3-18(25)17(23(20)30-13)11-28-19-4-2-14(6-22(19)33)26-9-15-10-29-24-21(31-15)7-16(32)12-34-24/h3,5,8,10,14,19,22,26,28,33H,2,4,6-7,9,11-12H2,1H3/t14-,19-,22+/m0/s1. The van der Waals surface area contributed by atoms with Gasteiger partial charge in [-0.25, -0.2) is 19.3 Å². The van der Waals surface area contributed by atoms with Gasteiger partial charge in [0.05, 0.1) is 41.1 Å². The van der Waals surface area contributed by atoms with Crippen LogP contribution in [0.2, 0.25) is 0 Å². The molecule has 0 bridgehead atoms. The Labute approximate surface area is 196 Å². The zero-order valence-electron chi connectivity index (χ0n) is 18.9. The average Bonchev–Trinajstić information content (AvgIpc) is 2.82. The van der Waals surface area contributed by atoms with Gasteiger partial charge < -0.3 is 20.5 Å². The van der Waals surface area contributed by atoms with E-state index in [1.807, 2.05) is 6.92 Å². The fraction of sp³-hybridized carbons (Fsp3) is 0.458. The first-order chi connectivity index (χ1) is 16.5. The van der Waals surface area contributed by atoms with Gasteiger partial charge >= 0.3 is 0 Å². The molecule has 1 fully saturated rings. The normalized spacial score (nSPS) is 22.4. The molecule has 5 rings (SSSR count). The van der Waals surface area contributed by atoms with Crippen LogP contribution in [0.15, 0.2) is 24.5 Å². The smallest absolute Gasteiger partial charge is 0.236 e. The second-order valence-electron chi connectivity index (χ2n) is 8.97. The number of ketones is 1. The number of aromatic nitrogens is 4. The molecule has 0 spiro atoms. The lowest BCUT2D eigenvalue weighted by molar-refractivity contribution is -0.121. The van der Waals surface area contributed by atoms with Gasteiger partial charge in [-0.15, -0.1) is 0 Å². The van der Waals surface area contributed by atoms with Crippen molar-refractivity contribution in [3.63, 3.8) is 0 Å². The number of Topliss-reactive ketones (excluding diaryl/α,β-unsaturated/α-hetero) is 1. The zero-order chi connectivity index (χ0) is 23.7. The van der Waals surface area contributed by atoms with Crippen LogP contribution in [0.25, 0.3) is 11.0 Å². The van der Waals surface area contributed by atoms with Crippen LogP contribution in [0.4, 0.5) is 4.39 Å². The van der Waals surface area contributed by atoms with E-state index in [0.29, 0.717) is 41.1 Å². The third-order valence-electron chi connectivity index (χ3n) is 6.40. The van der Waals surface area contributed by atoms with Crippen molar-refractivity contribution >= 4 is 16.8 Å². The Kier molecular flexibility index (Phi) is 6.44. The van der Waals surface area contributed by atoms with Crippen LogP contribution in [-0.4, -0.2) is 55.6 Å². The van der Waals surface area contributed by atoms with Crippen molar-refractivity contribution in [2.45, 2.75) is 63.9 Å². The van der Waals surface area contributed by atoms with E-state index in [4.69, 9.17) is 4.74 Å². The van der Waals surface area contributed by atoms with Crippen LogP contribution in [-0.2, 0) is 24.3 Å². The third-order valence-corrected chi connectivity index (χ3v) is 6.40. The molecule has 1 aliphatic heterocycles. The number of aliphatic hydroxyl groups is 1. The van der Waals surface area contributed by atoms with Crippen LogP contribution >= 0.6 is 0 Å². The highest BCUT2D eigenvalue weighted by atomic mass is 19.1. The van der Waals surface area contributed by atoms with E-state index < -0.39 is 6.10 Å². The Hall–Kier alpha value is -3.08. The molecule has 3 aromatic rings. The summed E-state index contributed by atoms with van der Waals surface area (Å²) < 4.78 is 19.8. The lowest BCUT2D eigenvalue weighted by Gasteiger charge is -2.34. The van der Waals surface area contributed by atoms with E-state index in [2.05, 4.69) is 30.6 Å². The Morgan fingerprint density at radius 3 is 2.88 bits per heavy atom. The molecule has 3 heterocycles. The van der Waals surface area contributed by atoms with Crippen LogP contribution in [0.5, 0.6) is 5.88 Å². The number of hydrogen-bond donors (Lipinski definition) is 3. The quantitative estimate of drug-likeness (QED) is 0.496. The molecular formula is C24H27FN6O3. The molecule has 178 valence electrons. The SMILES string of the molecule is Cc1cnc2ccc(F)c(CN[C@H]3CC[C@H](NCc4cnc5c(n4)CC(=O)CO5)C[C@H]3O)c2n1. The van der Waals surface area contributed by atoms with Gasteiger partial charge in [0, 0.05) is 36.9 Å². The number of fused-ring (bicyclic) bond motifs is 2. The third kappa shape index (κ3) is 4.89. The highest BCUT2D eigenvalue weighted by Gasteiger charge is 2.29. The van der Waals surface area contributed by atoms with E-state index in [9.17, 15) is 14.3 Å². The molecule has 34 heavy (non-hydrogen) atoms. The largest absolute Gasteiger partial charge is 0.468 e. The number of rotatable bonds is 6. The van der Waals surface area contributed by atoms with Gasteiger partial charge in [-0.2, -0.15) is 0 Å². The van der Waals surface area contributed by atoms with E-state index in [0.717, 1.165) is 24.2 Å². The predicted molar refractivity (Wildman–Crippen MR) is 122 cm³/mol. The molecule has 2 aliphatic rings. The Balaban J connectivity index is 1.16. The van der Waals surface area contributed by atoms with Gasteiger partial charge in [0.25, 0.3) is 0 Å². The van der Waals surface area contributed by atoms with Crippen LogP contribution < -0.4 is 15.4 Å². The van der Waals surface area contributed by atoms with Gasteiger partial charge in [0.15, 0.2) is 5.78 Å². The molecule has 1 aromatic carbocycles. The van der Waals surface area contributed by atoms with Crippen molar-refractivity contribution in [3.05, 3.63) is 53.0 Å². The van der Waals surface area contributed by atoms with Crippen molar-refractivity contribution < 1.29 is 19.0 Å². The Morgan fingerprint density at radius 1 is 1.15 bits per heavy atom. The summed E-state index contributed by atoms with van der Waals surface area (Å²) in [7, 11) is 0. The molecular weight excluding hydrogens is 439 g/mol. The van der Waals surface area contributed by atoms with E-state index in [1.54, 1.807) is 18.5 Å². The Morgan fingerprint density at radius 2 is 2.03 bits per heavy atom. The van der Waals surface area contributed by atoms with E-state index in [-0.39, 0.29) is 43.3 Å². The average molecular weight is 467 g/mol. The fourth-order valence-corrected chi connectivity index (χ4v) is 4.58. The summed E-state index contributed by atoms with van der Waals surface area (Å²) in [5, 5.41) is 17.5. The lowest BCUT2D eigenvalue weighted by atomic mass is 9.88. The molecule has 2 aromatic heterocycles. The predicted octanol–water partition coefficient (Wildman–Crippen LogP) is 1.53. The van der Waals surface area contributed by atoms with Crippen molar-refractivity contribution in [2.24, 2.45) is 0 Å². The van der Waals surface area contributed by atoms with Gasteiger partial charge in [0.1, 0.15) is 18.1 Å². The van der Waals surface area contributed by atoms with Crippen molar-refractivity contribution in [2.75, 3.05) is 6.61 Å². The summed E-state index contributed by atoms with van der Waals surface area (Å²) in [4.78, 5) is 29.1. The number of benzene rings is 1. The van der Waals surface area contributed by atoms with Crippen molar-refractivity contribution in [3.8, 4) is 5.88 Å². The first kappa shape index (κ1) is 22.7. The maximum Gasteiger partial charge on any atom is 0.236 e. The molecule has 10 heteroatoms. The lowest BCUT2D eigenvalue weighted by Crippen LogP contribution is -2.48. The van der Waals surface area contributed by atoms with Crippen LogP contribution in [0, 0.1) is 12.7 Å². The zero-order valence-corrected chi connectivity index (χ0v) is 18.9. The number of nitrogens with one attached hydrogen (secondary N) is 2. The highest BCUT2D eigenvalue weighted by Crippen LogP contribution is 2.23. The van der Waals surface area contributed by atoms with Crippen molar-refractivity contribution in [1.82, 2.24) is 30.6 Å². The second-order valence-corrected chi connectivity index (χ2v) is 8.97. The molecule has 9 nitrogen and oxygen atoms in total. The molecule has 0 saturated heterocycles. The topological polar surface area (TPSA) is 122 Å². The Bertz CT molecular complexity index is 1220. The summed E-state index contributed by atoms with van der Waals surface area (Å²) in [6.07, 6.45) is 5.15. The number of halogens is 1. The maximum atomic E-state index is 14.5. The number of carbonyl (C=O) groups is 1. The summed E-state index contributed by atoms with van der Waals surface area (Å²) in [5.41, 5.74) is 3.70. The number of ether oxygens (including phenoxy) is 1. The summed E-state index contributed by atoms with van der Waals surface area (Å²) >= 11 is 0. The molecule has 1 aliphatic carbocycles. The fourth-order valence-electron chi connectivity index (χ4n) is 4.58. The molecule has 0 radical (unpaired) electrons. The second kappa shape index (κ2) is 9.65. The first-order valence-electron chi connectivity index (χ1n) is 11.5. The number of hydrogen-bond acceptors (Lipinski definition) is 9. The summed E-state index contributed by atoms with van der Waals surface area (Å²) in [6.45, 7) is 2.64. The minimum absolute atomic E-state index is 0.00795. The minimum Gasteiger partial charge on any atom is -0.468 e. The van der Waals surface area contributed by atoms with E-state index >= 15 is 0 Å². The molecule has 0 unspecified atom stereocenters. The monoisotopic (exact) mass is 466 g/mol. The molecule has 0 amide bonds. The molecule has 3 N–H and O–H groups in total. The number of nitrogens with zero attached hydrogens (tertiary/aromatic N) is 4. The first-order valence-corrected chi connectivity index (χ1v) is 11.5. The van der Waals surface area contributed by atoms with Gasteiger partial charge in [-0.1, -0.05) is 0 Å². The van der Waals surface area contributed by atoms with Gasteiger partial charge in [0.2, 0.25) is 5.88 Å². The minimum atomic E-state index is -0.572. The summed E-state index contributed by atoms with van der Waals surface area (Å²) in [6, 6.07) is 3.01.